The van der Waals surface area contributed by atoms with Crippen molar-refractivity contribution in [2.75, 3.05) is 13.2 Å². The van der Waals surface area contributed by atoms with E-state index in [0.29, 0.717) is 0 Å². The van der Waals surface area contributed by atoms with Crippen LogP contribution in [0.3, 0.4) is 0 Å². The SMILES string of the molecule is OOCCOOO. The summed E-state index contributed by atoms with van der Waals surface area (Å²) in [5.74, 6) is 0. The van der Waals surface area contributed by atoms with Gasteiger partial charge in [-0.3, -0.25) is 5.26 Å². The summed E-state index contributed by atoms with van der Waals surface area (Å²) < 4.78 is 0. The molecule has 0 amide bonds. The first-order valence-electron chi connectivity index (χ1n) is 1.61. The highest BCUT2D eigenvalue weighted by Crippen LogP contribution is 1.71. The summed E-state index contributed by atoms with van der Waals surface area (Å²) in [7, 11) is 0. The smallest absolute Gasteiger partial charge is 0.112 e. The standard InChI is InChI=1S/C2H6O5/c3-5-1-2-6-7-4/h3-4H,1-2H2. The Morgan fingerprint density at radius 1 is 1.14 bits per heavy atom. The predicted octanol–water partition coefficient (Wildman–Crippen LogP) is -0.103. The van der Waals surface area contributed by atoms with Gasteiger partial charge in [0.05, 0.1) is 0 Å². The highest BCUT2D eigenvalue weighted by atomic mass is 17.5. The molecule has 0 heterocycles. The Kier molecular flexibility index (Phi) is 5.63. The van der Waals surface area contributed by atoms with Gasteiger partial charge < -0.3 is 0 Å². The molecule has 5 heteroatoms. The molecule has 0 aliphatic rings. The maximum absolute atomic E-state index is 7.58. The second-order valence-corrected chi connectivity index (χ2v) is 0.730. The van der Waals surface area contributed by atoms with Crippen molar-refractivity contribution >= 4 is 0 Å². The lowest BCUT2D eigenvalue weighted by Gasteiger charge is -1.91. The lowest BCUT2D eigenvalue weighted by molar-refractivity contribution is -0.494. The summed E-state index contributed by atoms with van der Waals surface area (Å²) in [4.78, 5) is 7.37. The molecule has 0 fully saturated rings. The van der Waals surface area contributed by atoms with E-state index in [-0.39, 0.29) is 13.2 Å². The Bertz CT molecular complexity index is 25.3. The second kappa shape index (κ2) is 5.80. The van der Waals surface area contributed by atoms with Crippen molar-refractivity contribution in [3.8, 4) is 0 Å². The average Bonchev–Trinajstić information content (AvgIpc) is 1.69. The Hall–Kier alpha value is -0.200. The largest absolute Gasteiger partial charge is 0.252 e. The van der Waals surface area contributed by atoms with Crippen LogP contribution in [0.15, 0.2) is 0 Å². The van der Waals surface area contributed by atoms with Crippen molar-refractivity contribution < 1.29 is 25.3 Å². The summed E-state index contributed by atoms with van der Waals surface area (Å²) in [6, 6.07) is 0. The fraction of sp³-hybridized carbons (Fsp3) is 1.00. The zero-order valence-corrected chi connectivity index (χ0v) is 3.53. The van der Waals surface area contributed by atoms with Gasteiger partial charge in [0, 0.05) is 0 Å². The third-order valence-electron chi connectivity index (χ3n) is 0.311. The first-order chi connectivity index (χ1) is 3.41. The van der Waals surface area contributed by atoms with Gasteiger partial charge in [0.2, 0.25) is 0 Å². The number of hydrogen-bond acceptors (Lipinski definition) is 5. The third kappa shape index (κ3) is 5.80. The normalized spacial score (nSPS) is 9.43. The van der Waals surface area contributed by atoms with E-state index in [1.54, 1.807) is 0 Å². The Morgan fingerprint density at radius 2 is 1.86 bits per heavy atom. The van der Waals surface area contributed by atoms with Crippen LogP contribution in [0.2, 0.25) is 0 Å². The summed E-state index contributed by atoms with van der Waals surface area (Å²) in [6.07, 6.45) is 0. The molecular formula is C2H6O5. The van der Waals surface area contributed by atoms with Crippen LogP contribution in [-0.4, -0.2) is 23.7 Å². The highest BCUT2D eigenvalue weighted by Gasteiger charge is 1.82. The molecule has 0 rings (SSSR count). The minimum atomic E-state index is -0.0272. The van der Waals surface area contributed by atoms with Gasteiger partial charge in [-0.2, -0.15) is 0 Å². The maximum Gasteiger partial charge on any atom is 0.112 e. The van der Waals surface area contributed by atoms with Crippen LogP contribution in [0, 0.1) is 0 Å². The second-order valence-electron chi connectivity index (χ2n) is 0.730. The molecule has 0 bridgehead atoms. The monoisotopic (exact) mass is 110 g/mol. The minimum absolute atomic E-state index is 0.00694. The zero-order valence-electron chi connectivity index (χ0n) is 3.53. The van der Waals surface area contributed by atoms with Gasteiger partial charge in [0.15, 0.2) is 0 Å². The molecule has 2 N–H and O–H groups in total. The molecule has 5 nitrogen and oxygen atoms in total. The molecule has 0 aromatic rings. The molecule has 44 valence electrons. The quantitative estimate of drug-likeness (QED) is 0.300. The predicted molar refractivity (Wildman–Crippen MR) is 18.2 cm³/mol. The van der Waals surface area contributed by atoms with Gasteiger partial charge in [-0.25, -0.2) is 15.0 Å². The topological polar surface area (TPSA) is 68.2 Å². The summed E-state index contributed by atoms with van der Waals surface area (Å²) in [5, 5.41) is 18.2. The van der Waals surface area contributed by atoms with E-state index >= 15 is 0 Å². The molecule has 0 aromatic heterocycles. The Labute approximate surface area is 39.8 Å². The molecule has 0 aliphatic heterocycles. The fourth-order valence-corrected chi connectivity index (χ4v) is 0.109. The van der Waals surface area contributed by atoms with E-state index in [9.17, 15) is 0 Å². The van der Waals surface area contributed by atoms with E-state index in [1.807, 2.05) is 0 Å². The summed E-state index contributed by atoms with van der Waals surface area (Å²) >= 11 is 0. The number of rotatable bonds is 4. The third-order valence-corrected chi connectivity index (χ3v) is 0.311. The van der Waals surface area contributed by atoms with Crippen LogP contribution in [0.1, 0.15) is 0 Å². The maximum atomic E-state index is 7.58. The molecule has 0 unspecified atom stereocenters. The van der Waals surface area contributed by atoms with Crippen LogP contribution >= 0.6 is 0 Å². The molecule has 0 aliphatic carbocycles. The lowest BCUT2D eigenvalue weighted by atomic mass is 10.8. The van der Waals surface area contributed by atoms with Crippen molar-refractivity contribution in [2.24, 2.45) is 0 Å². The van der Waals surface area contributed by atoms with Crippen LogP contribution in [-0.2, 0) is 14.8 Å². The average molecular weight is 110 g/mol. The first kappa shape index (κ1) is 6.80. The molecule has 0 saturated heterocycles. The molecule has 0 spiro atoms. The lowest BCUT2D eigenvalue weighted by Crippen LogP contribution is -2.00. The van der Waals surface area contributed by atoms with Gasteiger partial charge in [0.1, 0.15) is 13.2 Å². The highest BCUT2D eigenvalue weighted by molar-refractivity contribution is 4.12. The summed E-state index contributed by atoms with van der Waals surface area (Å²) in [6.45, 7) is -0.0342. The van der Waals surface area contributed by atoms with Crippen molar-refractivity contribution in [2.45, 2.75) is 0 Å². The minimum Gasteiger partial charge on any atom is -0.252 e. The van der Waals surface area contributed by atoms with E-state index < -0.39 is 0 Å². The molecule has 0 saturated carbocycles. The van der Waals surface area contributed by atoms with Gasteiger partial charge in [-0.05, 0) is 0 Å². The zero-order chi connectivity index (χ0) is 5.54. The van der Waals surface area contributed by atoms with Crippen molar-refractivity contribution in [3.63, 3.8) is 0 Å². The van der Waals surface area contributed by atoms with Crippen molar-refractivity contribution in [1.82, 2.24) is 0 Å². The van der Waals surface area contributed by atoms with E-state index in [1.165, 1.54) is 0 Å². The molecule has 0 aromatic carbocycles. The van der Waals surface area contributed by atoms with Gasteiger partial charge in [-0.15, -0.1) is 0 Å². The molecular weight excluding hydrogens is 104 g/mol. The first-order valence-corrected chi connectivity index (χ1v) is 1.61. The Morgan fingerprint density at radius 3 is 2.29 bits per heavy atom. The van der Waals surface area contributed by atoms with Gasteiger partial charge in [0.25, 0.3) is 0 Å². The van der Waals surface area contributed by atoms with Crippen LogP contribution in [0.4, 0.5) is 0 Å². The van der Waals surface area contributed by atoms with Crippen molar-refractivity contribution in [1.29, 1.82) is 0 Å². The van der Waals surface area contributed by atoms with E-state index in [2.05, 4.69) is 14.8 Å². The van der Waals surface area contributed by atoms with Crippen LogP contribution in [0.25, 0.3) is 0 Å². The Balaban J connectivity index is 2.45. The van der Waals surface area contributed by atoms with Gasteiger partial charge >= 0.3 is 0 Å². The van der Waals surface area contributed by atoms with Crippen LogP contribution in [0.5, 0.6) is 0 Å². The summed E-state index contributed by atoms with van der Waals surface area (Å²) in [5.41, 5.74) is 0. The van der Waals surface area contributed by atoms with E-state index in [4.69, 9.17) is 10.5 Å². The fourth-order valence-electron chi connectivity index (χ4n) is 0.109. The molecule has 0 radical (unpaired) electrons. The van der Waals surface area contributed by atoms with Crippen LogP contribution < -0.4 is 0 Å². The van der Waals surface area contributed by atoms with Crippen molar-refractivity contribution in [3.05, 3.63) is 0 Å². The van der Waals surface area contributed by atoms with E-state index in [0.717, 1.165) is 0 Å². The number of hydrogen-bond donors (Lipinski definition) is 2. The van der Waals surface area contributed by atoms with Gasteiger partial charge in [-0.1, -0.05) is 5.04 Å². The molecule has 0 atom stereocenters. The molecule has 7 heavy (non-hydrogen) atoms.